The van der Waals surface area contributed by atoms with Gasteiger partial charge in [-0.15, -0.1) is 0 Å². The van der Waals surface area contributed by atoms with Gasteiger partial charge in [0, 0.05) is 31.4 Å². The van der Waals surface area contributed by atoms with Gasteiger partial charge in [0.1, 0.15) is 0 Å². The van der Waals surface area contributed by atoms with E-state index >= 15 is 0 Å². The van der Waals surface area contributed by atoms with Gasteiger partial charge < -0.3 is 10.2 Å². The molecule has 2 unspecified atom stereocenters. The van der Waals surface area contributed by atoms with Crippen LogP contribution in [0.25, 0.3) is 0 Å². The summed E-state index contributed by atoms with van der Waals surface area (Å²) >= 11 is 0. The molecule has 4 nitrogen and oxygen atoms in total. The molecule has 1 aromatic heterocycles. The van der Waals surface area contributed by atoms with Gasteiger partial charge in [0.25, 0.3) is 0 Å². The van der Waals surface area contributed by atoms with Crippen LogP contribution in [0, 0.1) is 0 Å². The Morgan fingerprint density at radius 1 is 1.30 bits per heavy atom. The van der Waals surface area contributed by atoms with Gasteiger partial charge in [-0.25, -0.2) is 0 Å². The van der Waals surface area contributed by atoms with E-state index in [1.54, 1.807) is 0 Å². The van der Waals surface area contributed by atoms with Crippen molar-refractivity contribution in [3.8, 4) is 0 Å². The van der Waals surface area contributed by atoms with E-state index in [0.29, 0.717) is 18.4 Å². The first-order valence-corrected chi connectivity index (χ1v) is 7.77. The van der Waals surface area contributed by atoms with E-state index in [4.69, 9.17) is 0 Å². The lowest BCUT2D eigenvalue weighted by Crippen LogP contribution is -2.32. The Balaban J connectivity index is 1.58. The van der Waals surface area contributed by atoms with E-state index in [9.17, 15) is 4.79 Å². The molecular formula is C16H23N3O. The summed E-state index contributed by atoms with van der Waals surface area (Å²) in [6, 6.07) is 4.90. The second-order valence-corrected chi connectivity index (χ2v) is 5.86. The molecule has 0 aromatic carbocycles. The maximum Gasteiger partial charge on any atom is 0.223 e. The Bertz CT molecular complexity index is 442. The number of amides is 1. The Labute approximate surface area is 120 Å². The first-order valence-electron chi connectivity index (χ1n) is 7.77. The number of nitrogens with one attached hydrogen (secondary N) is 1. The maximum absolute atomic E-state index is 12.5. The molecule has 0 aliphatic carbocycles. The monoisotopic (exact) mass is 273 g/mol. The molecule has 20 heavy (non-hydrogen) atoms. The van der Waals surface area contributed by atoms with Crippen molar-refractivity contribution in [3.63, 3.8) is 0 Å². The minimum Gasteiger partial charge on any atom is -0.336 e. The van der Waals surface area contributed by atoms with E-state index in [2.05, 4.69) is 15.2 Å². The summed E-state index contributed by atoms with van der Waals surface area (Å²) in [5.74, 6) is 0.318. The number of rotatable bonds is 4. The van der Waals surface area contributed by atoms with Crippen LogP contribution < -0.4 is 5.32 Å². The maximum atomic E-state index is 12.5. The van der Waals surface area contributed by atoms with Crippen molar-refractivity contribution in [1.82, 2.24) is 15.2 Å². The molecule has 3 rings (SSSR count). The van der Waals surface area contributed by atoms with Crippen molar-refractivity contribution < 1.29 is 4.79 Å². The first-order chi connectivity index (χ1) is 9.84. The zero-order chi connectivity index (χ0) is 13.8. The van der Waals surface area contributed by atoms with Crippen LogP contribution in [0.2, 0.25) is 0 Å². The molecule has 2 fully saturated rings. The second-order valence-electron chi connectivity index (χ2n) is 5.86. The van der Waals surface area contributed by atoms with E-state index < -0.39 is 0 Å². The summed E-state index contributed by atoms with van der Waals surface area (Å²) in [5, 5.41) is 3.47. The standard InChI is InChI=1S/C16H23N3O/c20-16(6-5-14-3-1-9-18-14)19-12-2-4-15(19)13-7-10-17-11-8-13/h7-8,10-11,14-15,18H,1-6,9,12H2. The highest BCUT2D eigenvalue weighted by Crippen LogP contribution is 2.32. The molecule has 1 amide bonds. The normalized spacial score (nSPS) is 26.1. The molecule has 2 atom stereocenters. The number of carbonyl (C=O) groups is 1. The number of aromatic nitrogens is 1. The molecule has 0 bridgehead atoms. The van der Waals surface area contributed by atoms with Crippen molar-refractivity contribution >= 4 is 5.91 Å². The van der Waals surface area contributed by atoms with Crippen LogP contribution in [0.1, 0.15) is 50.1 Å². The summed E-state index contributed by atoms with van der Waals surface area (Å²) in [4.78, 5) is 18.6. The summed E-state index contributed by atoms with van der Waals surface area (Å²) in [5.41, 5.74) is 1.23. The Morgan fingerprint density at radius 3 is 2.90 bits per heavy atom. The SMILES string of the molecule is O=C(CCC1CCCN1)N1CCCC1c1ccncc1. The third kappa shape index (κ3) is 3.01. The largest absolute Gasteiger partial charge is 0.336 e. The third-order valence-electron chi connectivity index (χ3n) is 4.53. The summed E-state index contributed by atoms with van der Waals surface area (Å²) < 4.78 is 0. The van der Waals surface area contributed by atoms with Crippen molar-refractivity contribution in [2.75, 3.05) is 13.1 Å². The average Bonchev–Trinajstić information content (AvgIpc) is 3.17. The molecule has 2 aliphatic rings. The minimum absolute atomic E-state index is 0.266. The van der Waals surface area contributed by atoms with Gasteiger partial charge in [0.2, 0.25) is 5.91 Å². The molecule has 0 spiro atoms. The molecular weight excluding hydrogens is 250 g/mol. The molecule has 2 aliphatic heterocycles. The van der Waals surface area contributed by atoms with Crippen LogP contribution in [0.4, 0.5) is 0 Å². The van der Waals surface area contributed by atoms with E-state index in [1.165, 1.54) is 18.4 Å². The van der Waals surface area contributed by atoms with Crippen LogP contribution in [-0.2, 0) is 4.79 Å². The first kappa shape index (κ1) is 13.6. The molecule has 0 saturated carbocycles. The molecule has 0 radical (unpaired) electrons. The number of pyridine rings is 1. The molecule has 3 heterocycles. The fourth-order valence-corrected chi connectivity index (χ4v) is 3.44. The topological polar surface area (TPSA) is 45.2 Å². The third-order valence-corrected chi connectivity index (χ3v) is 4.53. The quantitative estimate of drug-likeness (QED) is 0.915. The molecule has 4 heteroatoms. The van der Waals surface area contributed by atoms with Crippen LogP contribution in [0.3, 0.4) is 0 Å². The zero-order valence-electron chi connectivity index (χ0n) is 11.9. The van der Waals surface area contributed by atoms with Crippen molar-refractivity contribution in [1.29, 1.82) is 0 Å². The number of hydrogen-bond acceptors (Lipinski definition) is 3. The van der Waals surface area contributed by atoms with Gasteiger partial charge in [-0.2, -0.15) is 0 Å². The minimum atomic E-state index is 0.266. The average molecular weight is 273 g/mol. The molecule has 1 aromatic rings. The van der Waals surface area contributed by atoms with Crippen LogP contribution in [0.15, 0.2) is 24.5 Å². The van der Waals surface area contributed by atoms with Crippen LogP contribution in [-0.4, -0.2) is 34.9 Å². The smallest absolute Gasteiger partial charge is 0.223 e. The predicted octanol–water partition coefficient (Wildman–Crippen LogP) is 2.28. The Morgan fingerprint density at radius 2 is 2.15 bits per heavy atom. The van der Waals surface area contributed by atoms with Crippen molar-refractivity contribution in [3.05, 3.63) is 30.1 Å². The van der Waals surface area contributed by atoms with E-state index in [1.807, 2.05) is 24.5 Å². The fourth-order valence-electron chi connectivity index (χ4n) is 3.44. The fraction of sp³-hybridized carbons (Fsp3) is 0.625. The Kier molecular flexibility index (Phi) is 4.31. The molecule has 108 valence electrons. The van der Waals surface area contributed by atoms with Crippen LogP contribution in [0.5, 0.6) is 0 Å². The summed E-state index contributed by atoms with van der Waals surface area (Å²) in [6.45, 7) is 2.02. The second kappa shape index (κ2) is 6.35. The lowest BCUT2D eigenvalue weighted by molar-refractivity contribution is -0.132. The zero-order valence-corrected chi connectivity index (χ0v) is 11.9. The van der Waals surface area contributed by atoms with Gasteiger partial charge in [-0.05, 0) is 56.3 Å². The molecule has 2 saturated heterocycles. The van der Waals surface area contributed by atoms with Gasteiger partial charge >= 0.3 is 0 Å². The summed E-state index contributed by atoms with van der Waals surface area (Å²) in [6.07, 6.45) is 9.97. The van der Waals surface area contributed by atoms with Gasteiger partial charge in [0.15, 0.2) is 0 Å². The van der Waals surface area contributed by atoms with Crippen molar-refractivity contribution in [2.24, 2.45) is 0 Å². The predicted molar refractivity (Wildman–Crippen MR) is 78.2 cm³/mol. The lowest BCUT2D eigenvalue weighted by Gasteiger charge is -2.25. The van der Waals surface area contributed by atoms with Gasteiger partial charge in [-0.1, -0.05) is 0 Å². The lowest BCUT2D eigenvalue weighted by atomic mass is 10.0. The van der Waals surface area contributed by atoms with E-state index in [-0.39, 0.29) is 6.04 Å². The highest BCUT2D eigenvalue weighted by Gasteiger charge is 2.30. The number of nitrogens with zero attached hydrogens (tertiary/aromatic N) is 2. The van der Waals surface area contributed by atoms with Crippen LogP contribution >= 0.6 is 0 Å². The highest BCUT2D eigenvalue weighted by atomic mass is 16.2. The number of hydrogen-bond donors (Lipinski definition) is 1. The van der Waals surface area contributed by atoms with Gasteiger partial charge in [0.05, 0.1) is 6.04 Å². The summed E-state index contributed by atoms with van der Waals surface area (Å²) in [7, 11) is 0. The Hall–Kier alpha value is -1.42. The number of likely N-dealkylation sites (tertiary alicyclic amines) is 1. The van der Waals surface area contributed by atoms with Gasteiger partial charge in [-0.3, -0.25) is 9.78 Å². The number of carbonyl (C=O) groups excluding carboxylic acids is 1. The highest BCUT2D eigenvalue weighted by molar-refractivity contribution is 5.77. The van der Waals surface area contributed by atoms with E-state index in [0.717, 1.165) is 32.4 Å². The molecule has 1 N–H and O–H groups in total. The van der Waals surface area contributed by atoms with Crippen molar-refractivity contribution in [2.45, 2.75) is 50.6 Å².